The minimum atomic E-state index is 0.484. The van der Waals surface area contributed by atoms with Gasteiger partial charge in [-0.05, 0) is 37.4 Å². The zero-order chi connectivity index (χ0) is 13.7. The summed E-state index contributed by atoms with van der Waals surface area (Å²) in [5, 5.41) is 7.67. The number of rotatable bonds is 6. The van der Waals surface area contributed by atoms with E-state index in [0.29, 0.717) is 12.0 Å². The van der Waals surface area contributed by atoms with Gasteiger partial charge in [-0.3, -0.25) is 4.68 Å². The first-order valence-electron chi connectivity index (χ1n) is 6.91. The predicted octanol–water partition coefficient (Wildman–Crippen LogP) is 2.74. The molecule has 0 amide bonds. The van der Waals surface area contributed by atoms with Gasteiger partial charge in [-0.2, -0.15) is 5.10 Å². The Morgan fingerprint density at radius 3 is 2.53 bits per heavy atom. The van der Waals surface area contributed by atoms with Crippen molar-refractivity contribution < 1.29 is 0 Å². The van der Waals surface area contributed by atoms with E-state index in [-0.39, 0.29) is 0 Å². The second kappa shape index (κ2) is 6.53. The lowest BCUT2D eigenvalue weighted by atomic mass is 9.90. The van der Waals surface area contributed by atoms with Crippen LogP contribution >= 0.6 is 0 Å². The van der Waals surface area contributed by atoms with Crippen LogP contribution in [0.5, 0.6) is 0 Å². The van der Waals surface area contributed by atoms with Crippen LogP contribution in [0.2, 0.25) is 0 Å². The van der Waals surface area contributed by atoms with Crippen LogP contribution in [0.3, 0.4) is 0 Å². The second-order valence-electron chi connectivity index (χ2n) is 5.08. The average molecular weight is 257 g/mol. The highest BCUT2D eigenvalue weighted by Crippen LogP contribution is 2.21. The van der Waals surface area contributed by atoms with E-state index in [0.717, 1.165) is 12.8 Å². The molecule has 0 bridgehead atoms. The van der Waals surface area contributed by atoms with Crippen LogP contribution in [-0.4, -0.2) is 22.9 Å². The first kappa shape index (κ1) is 13.8. The number of benzene rings is 1. The summed E-state index contributed by atoms with van der Waals surface area (Å²) in [4.78, 5) is 0. The summed E-state index contributed by atoms with van der Waals surface area (Å²) in [5.41, 5.74) is 2.69. The Kier molecular flexibility index (Phi) is 4.74. The largest absolute Gasteiger partial charge is 0.316 e. The number of aromatic nitrogens is 2. The molecule has 1 N–H and O–H groups in total. The minimum absolute atomic E-state index is 0.484. The normalized spacial score (nSPS) is 14.3. The van der Waals surface area contributed by atoms with E-state index < -0.39 is 0 Å². The van der Waals surface area contributed by atoms with Gasteiger partial charge < -0.3 is 5.32 Å². The van der Waals surface area contributed by atoms with E-state index in [2.05, 4.69) is 53.7 Å². The summed E-state index contributed by atoms with van der Waals surface area (Å²) in [6, 6.07) is 13.3. The molecule has 0 radical (unpaired) electrons. The van der Waals surface area contributed by atoms with Gasteiger partial charge in [0.25, 0.3) is 0 Å². The van der Waals surface area contributed by atoms with Gasteiger partial charge in [0, 0.05) is 25.0 Å². The zero-order valence-corrected chi connectivity index (χ0v) is 12.0. The third kappa shape index (κ3) is 3.44. The Balaban J connectivity index is 1.98. The molecule has 1 aromatic heterocycles. The Morgan fingerprint density at radius 2 is 1.95 bits per heavy atom. The molecule has 0 saturated carbocycles. The predicted molar refractivity (Wildman–Crippen MR) is 79.2 cm³/mol. The summed E-state index contributed by atoms with van der Waals surface area (Å²) in [6.45, 7) is 2.29. The van der Waals surface area contributed by atoms with E-state index in [1.165, 1.54) is 11.3 Å². The lowest BCUT2D eigenvalue weighted by molar-refractivity contribution is 0.450. The second-order valence-corrected chi connectivity index (χ2v) is 5.08. The minimum Gasteiger partial charge on any atom is -0.316 e. The number of nitrogens with one attached hydrogen (secondary N) is 1. The summed E-state index contributed by atoms with van der Waals surface area (Å²) >= 11 is 0. The quantitative estimate of drug-likeness (QED) is 0.862. The SMILES string of the molecule is CNC(CCc1ccnn1C)C(C)c1ccccc1. The monoisotopic (exact) mass is 257 g/mol. The fourth-order valence-corrected chi connectivity index (χ4v) is 2.58. The van der Waals surface area contributed by atoms with E-state index in [1.54, 1.807) is 0 Å². The Hall–Kier alpha value is -1.61. The van der Waals surface area contributed by atoms with Gasteiger partial charge in [-0.1, -0.05) is 37.3 Å². The first-order chi connectivity index (χ1) is 9.22. The Bertz CT molecular complexity index is 490. The van der Waals surface area contributed by atoms with Crippen LogP contribution in [0.4, 0.5) is 0 Å². The topological polar surface area (TPSA) is 29.9 Å². The third-order valence-corrected chi connectivity index (χ3v) is 3.93. The Labute approximate surface area is 115 Å². The van der Waals surface area contributed by atoms with Gasteiger partial charge >= 0.3 is 0 Å². The number of aryl methyl sites for hydroxylation is 2. The molecule has 0 aliphatic rings. The number of hydrogen-bond donors (Lipinski definition) is 1. The maximum Gasteiger partial charge on any atom is 0.0492 e. The van der Waals surface area contributed by atoms with Gasteiger partial charge in [0.15, 0.2) is 0 Å². The molecule has 2 aromatic rings. The van der Waals surface area contributed by atoms with Gasteiger partial charge in [-0.15, -0.1) is 0 Å². The summed E-state index contributed by atoms with van der Waals surface area (Å²) in [7, 11) is 4.05. The van der Waals surface area contributed by atoms with Gasteiger partial charge in [0.1, 0.15) is 0 Å². The molecule has 2 atom stereocenters. The molecule has 0 saturated heterocycles. The number of nitrogens with zero attached hydrogens (tertiary/aromatic N) is 2. The van der Waals surface area contributed by atoms with Crippen molar-refractivity contribution in [3.63, 3.8) is 0 Å². The fourth-order valence-electron chi connectivity index (χ4n) is 2.58. The molecule has 0 aliphatic carbocycles. The molecular weight excluding hydrogens is 234 g/mol. The molecular formula is C16H23N3. The highest BCUT2D eigenvalue weighted by molar-refractivity contribution is 5.20. The summed E-state index contributed by atoms with van der Waals surface area (Å²) in [6.07, 6.45) is 4.04. The average Bonchev–Trinajstić information content (AvgIpc) is 2.86. The van der Waals surface area contributed by atoms with Crippen LogP contribution in [0.25, 0.3) is 0 Å². The Morgan fingerprint density at radius 1 is 1.21 bits per heavy atom. The van der Waals surface area contributed by atoms with Crippen molar-refractivity contribution in [1.82, 2.24) is 15.1 Å². The van der Waals surface area contributed by atoms with E-state index in [1.807, 2.05) is 25.0 Å². The van der Waals surface area contributed by atoms with Gasteiger partial charge in [-0.25, -0.2) is 0 Å². The van der Waals surface area contributed by atoms with Crippen molar-refractivity contribution in [1.29, 1.82) is 0 Å². The lowest BCUT2D eigenvalue weighted by Gasteiger charge is -2.24. The van der Waals surface area contributed by atoms with Gasteiger partial charge in [0.2, 0.25) is 0 Å². The molecule has 2 rings (SSSR count). The smallest absolute Gasteiger partial charge is 0.0492 e. The van der Waals surface area contributed by atoms with E-state index in [4.69, 9.17) is 0 Å². The number of hydrogen-bond acceptors (Lipinski definition) is 2. The van der Waals surface area contributed by atoms with E-state index >= 15 is 0 Å². The van der Waals surface area contributed by atoms with Gasteiger partial charge in [0.05, 0.1) is 0 Å². The highest BCUT2D eigenvalue weighted by Gasteiger charge is 2.17. The zero-order valence-electron chi connectivity index (χ0n) is 12.0. The van der Waals surface area contributed by atoms with Crippen LogP contribution < -0.4 is 5.32 Å². The van der Waals surface area contributed by atoms with Crippen molar-refractivity contribution in [2.75, 3.05) is 7.05 Å². The standard InChI is InChI=1S/C16H23N3/c1-13(14-7-5-4-6-8-14)16(17-2)10-9-15-11-12-18-19(15)3/h4-8,11-13,16-17H,9-10H2,1-3H3. The molecule has 0 spiro atoms. The molecule has 3 heteroatoms. The van der Waals surface area contributed by atoms with Crippen molar-refractivity contribution in [2.45, 2.75) is 31.7 Å². The highest BCUT2D eigenvalue weighted by atomic mass is 15.2. The lowest BCUT2D eigenvalue weighted by Crippen LogP contribution is -2.31. The molecule has 1 aromatic carbocycles. The maximum atomic E-state index is 4.22. The fraction of sp³-hybridized carbons (Fsp3) is 0.438. The molecule has 0 aliphatic heterocycles. The third-order valence-electron chi connectivity index (χ3n) is 3.93. The van der Waals surface area contributed by atoms with Crippen LogP contribution in [0.15, 0.2) is 42.6 Å². The molecule has 3 nitrogen and oxygen atoms in total. The first-order valence-corrected chi connectivity index (χ1v) is 6.91. The van der Waals surface area contributed by atoms with Crippen molar-refractivity contribution in [3.05, 3.63) is 53.9 Å². The molecule has 0 fully saturated rings. The van der Waals surface area contributed by atoms with Crippen LogP contribution in [0.1, 0.15) is 30.5 Å². The van der Waals surface area contributed by atoms with Crippen LogP contribution in [0, 0.1) is 0 Å². The van der Waals surface area contributed by atoms with E-state index in [9.17, 15) is 0 Å². The molecule has 102 valence electrons. The van der Waals surface area contributed by atoms with Crippen LogP contribution in [-0.2, 0) is 13.5 Å². The molecule has 1 heterocycles. The summed E-state index contributed by atoms with van der Waals surface area (Å²) in [5.74, 6) is 0.513. The molecule has 2 unspecified atom stereocenters. The maximum absolute atomic E-state index is 4.22. The van der Waals surface area contributed by atoms with Crippen molar-refractivity contribution >= 4 is 0 Å². The molecule has 19 heavy (non-hydrogen) atoms. The van der Waals surface area contributed by atoms with Crippen molar-refractivity contribution in [2.24, 2.45) is 7.05 Å². The van der Waals surface area contributed by atoms with Crippen molar-refractivity contribution in [3.8, 4) is 0 Å². The number of likely N-dealkylation sites (N-methyl/N-ethyl adjacent to an activating group) is 1. The summed E-state index contributed by atoms with van der Waals surface area (Å²) < 4.78 is 1.96.